The second kappa shape index (κ2) is 10.6. The van der Waals surface area contributed by atoms with Crippen molar-refractivity contribution in [3.8, 4) is 11.3 Å². The number of fused-ring (bicyclic) bond motifs is 1. The van der Waals surface area contributed by atoms with Gasteiger partial charge in [-0.05, 0) is 61.7 Å². The van der Waals surface area contributed by atoms with Gasteiger partial charge in [0.15, 0.2) is 0 Å². The summed E-state index contributed by atoms with van der Waals surface area (Å²) in [5.74, 6) is 0.458. The van der Waals surface area contributed by atoms with Gasteiger partial charge in [0.05, 0.1) is 30.8 Å². The molecule has 2 aliphatic rings. The number of carbonyl (C=O) groups is 1. The summed E-state index contributed by atoms with van der Waals surface area (Å²) in [4.78, 5) is 42.0. The molecule has 2 aromatic heterocycles. The van der Waals surface area contributed by atoms with Crippen LogP contribution in [-0.4, -0.2) is 65.2 Å². The first-order valence-electron chi connectivity index (χ1n) is 13.1. The maximum absolute atomic E-state index is 13.1. The molecule has 0 radical (unpaired) electrons. The van der Waals surface area contributed by atoms with Crippen molar-refractivity contribution in [2.75, 3.05) is 49.6 Å². The van der Waals surface area contributed by atoms with Gasteiger partial charge < -0.3 is 24.8 Å². The number of ether oxygens (including phenoxy) is 1. The number of aromatic amines is 1. The molecule has 6 rings (SSSR count). The van der Waals surface area contributed by atoms with Crippen LogP contribution in [-0.2, 0) is 4.74 Å². The minimum absolute atomic E-state index is 0.0422. The molecular formula is C29H30N6O3. The Balaban J connectivity index is 1.33. The predicted molar refractivity (Wildman–Crippen MR) is 148 cm³/mol. The number of carbonyl (C=O) groups excluding carboxylic acids is 1. The molecule has 38 heavy (non-hydrogen) atoms. The third kappa shape index (κ3) is 4.97. The van der Waals surface area contributed by atoms with Crippen molar-refractivity contribution < 1.29 is 9.53 Å². The Kier molecular flexibility index (Phi) is 6.75. The van der Waals surface area contributed by atoms with Crippen LogP contribution in [0.1, 0.15) is 29.6 Å². The highest BCUT2D eigenvalue weighted by Gasteiger charge is 2.19. The van der Waals surface area contributed by atoms with Gasteiger partial charge in [-0.1, -0.05) is 12.1 Å². The molecule has 0 saturated carbocycles. The molecule has 0 atom stereocenters. The van der Waals surface area contributed by atoms with Gasteiger partial charge in [-0.25, -0.2) is 9.97 Å². The number of anilines is 3. The number of nitrogens with zero attached hydrogens (tertiary/aromatic N) is 4. The van der Waals surface area contributed by atoms with Gasteiger partial charge in [0.1, 0.15) is 11.2 Å². The average molecular weight is 511 g/mol. The van der Waals surface area contributed by atoms with Gasteiger partial charge in [0.25, 0.3) is 11.5 Å². The first-order valence-corrected chi connectivity index (χ1v) is 13.1. The van der Waals surface area contributed by atoms with E-state index in [0.29, 0.717) is 28.0 Å². The smallest absolute Gasteiger partial charge is 0.262 e. The molecule has 2 saturated heterocycles. The topological polar surface area (TPSA) is 103 Å². The summed E-state index contributed by atoms with van der Waals surface area (Å²) < 4.78 is 5.45. The van der Waals surface area contributed by atoms with Crippen molar-refractivity contribution in [3.05, 3.63) is 76.8 Å². The van der Waals surface area contributed by atoms with Gasteiger partial charge in [-0.15, -0.1) is 0 Å². The van der Waals surface area contributed by atoms with E-state index in [2.05, 4.69) is 32.3 Å². The number of morpholine rings is 1. The number of nitrogens with one attached hydrogen (secondary N) is 2. The van der Waals surface area contributed by atoms with Crippen LogP contribution in [0.25, 0.3) is 22.2 Å². The largest absolute Gasteiger partial charge is 0.378 e. The fourth-order valence-corrected chi connectivity index (χ4v) is 5.13. The lowest BCUT2D eigenvalue weighted by Crippen LogP contribution is -2.36. The minimum atomic E-state index is -0.268. The van der Waals surface area contributed by atoms with Crippen LogP contribution >= 0.6 is 0 Å². The Labute approximate surface area is 220 Å². The number of likely N-dealkylation sites (tertiary alicyclic amines) is 1. The van der Waals surface area contributed by atoms with E-state index in [0.717, 1.165) is 69.2 Å². The van der Waals surface area contributed by atoms with Gasteiger partial charge in [0.2, 0.25) is 0 Å². The number of rotatable bonds is 5. The van der Waals surface area contributed by atoms with Gasteiger partial charge in [-0.2, -0.15) is 0 Å². The number of H-pyrrole nitrogens is 1. The number of hydrogen-bond acceptors (Lipinski definition) is 7. The molecule has 4 aromatic rings. The third-order valence-electron chi connectivity index (χ3n) is 7.18. The van der Waals surface area contributed by atoms with E-state index in [1.54, 1.807) is 6.07 Å². The van der Waals surface area contributed by atoms with Crippen molar-refractivity contribution in [2.45, 2.75) is 19.3 Å². The Morgan fingerprint density at radius 2 is 1.74 bits per heavy atom. The van der Waals surface area contributed by atoms with Crippen molar-refractivity contribution in [1.82, 2.24) is 19.9 Å². The van der Waals surface area contributed by atoms with Crippen LogP contribution in [0.15, 0.2) is 65.7 Å². The molecular weight excluding hydrogens is 480 g/mol. The first-order chi connectivity index (χ1) is 18.7. The molecule has 0 unspecified atom stereocenters. The molecule has 2 aromatic carbocycles. The van der Waals surface area contributed by atoms with Crippen LogP contribution in [0.3, 0.4) is 0 Å². The fourth-order valence-electron chi connectivity index (χ4n) is 5.13. The van der Waals surface area contributed by atoms with Crippen molar-refractivity contribution in [3.63, 3.8) is 0 Å². The highest BCUT2D eigenvalue weighted by atomic mass is 16.5. The van der Waals surface area contributed by atoms with E-state index >= 15 is 0 Å². The van der Waals surface area contributed by atoms with Gasteiger partial charge in [0, 0.05) is 48.7 Å². The Morgan fingerprint density at radius 1 is 0.947 bits per heavy atom. The molecule has 9 heteroatoms. The lowest BCUT2D eigenvalue weighted by atomic mass is 10.0. The molecule has 194 valence electrons. The molecule has 2 fully saturated rings. The summed E-state index contributed by atoms with van der Waals surface area (Å²) >= 11 is 0. The zero-order valence-corrected chi connectivity index (χ0v) is 21.2. The van der Waals surface area contributed by atoms with Crippen LogP contribution in [0.2, 0.25) is 0 Å². The van der Waals surface area contributed by atoms with Crippen LogP contribution in [0.5, 0.6) is 0 Å². The second-order valence-corrected chi connectivity index (χ2v) is 9.69. The maximum Gasteiger partial charge on any atom is 0.262 e. The van der Waals surface area contributed by atoms with E-state index in [1.165, 1.54) is 12.7 Å². The maximum atomic E-state index is 13.1. The van der Waals surface area contributed by atoms with E-state index in [1.807, 2.05) is 41.3 Å². The van der Waals surface area contributed by atoms with Gasteiger partial charge >= 0.3 is 0 Å². The summed E-state index contributed by atoms with van der Waals surface area (Å²) in [5.41, 5.74) is 4.26. The highest BCUT2D eigenvalue weighted by molar-refractivity contribution is 5.96. The van der Waals surface area contributed by atoms with Crippen LogP contribution in [0.4, 0.5) is 17.2 Å². The fraction of sp³-hybridized carbons (Fsp3) is 0.310. The van der Waals surface area contributed by atoms with Crippen LogP contribution in [0, 0.1) is 0 Å². The Hall–Kier alpha value is -4.24. The number of piperidine rings is 1. The summed E-state index contributed by atoms with van der Waals surface area (Å²) in [6.07, 6.45) is 4.65. The lowest BCUT2D eigenvalue weighted by molar-refractivity contribution is 0.0724. The second-order valence-electron chi connectivity index (χ2n) is 9.69. The van der Waals surface area contributed by atoms with E-state index in [4.69, 9.17) is 9.72 Å². The van der Waals surface area contributed by atoms with Crippen LogP contribution < -0.4 is 15.8 Å². The molecule has 0 bridgehead atoms. The molecule has 1 amide bonds. The monoisotopic (exact) mass is 510 g/mol. The normalized spacial score (nSPS) is 16.0. The number of benzene rings is 2. The molecule has 0 spiro atoms. The quantitative estimate of drug-likeness (QED) is 0.415. The van der Waals surface area contributed by atoms with Crippen molar-refractivity contribution in [1.29, 1.82) is 0 Å². The average Bonchev–Trinajstić information content (AvgIpc) is 2.98. The molecule has 9 nitrogen and oxygen atoms in total. The summed E-state index contributed by atoms with van der Waals surface area (Å²) in [6, 6.07) is 17.4. The summed E-state index contributed by atoms with van der Waals surface area (Å²) in [5, 5.41) is 3.71. The predicted octanol–water partition coefficient (Wildman–Crippen LogP) is 4.19. The van der Waals surface area contributed by atoms with Crippen molar-refractivity contribution >= 4 is 34.0 Å². The van der Waals surface area contributed by atoms with E-state index in [-0.39, 0.29) is 11.5 Å². The van der Waals surface area contributed by atoms with E-state index < -0.39 is 0 Å². The Bertz CT molecular complexity index is 1510. The number of hydrogen-bond donors (Lipinski definition) is 2. The zero-order valence-electron chi connectivity index (χ0n) is 21.2. The molecule has 0 aliphatic carbocycles. The number of pyridine rings is 1. The molecule has 2 aliphatic heterocycles. The molecule has 2 N–H and O–H groups in total. The van der Waals surface area contributed by atoms with Gasteiger partial charge in [-0.3, -0.25) is 9.59 Å². The zero-order chi connectivity index (χ0) is 25.9. The number of amides is 1. The molecule has 4 heterocycles. The highest BCUT2D eigenvalue weighted by Crippen LogP contribution is 2.29. The number of aromatic nitrogens is 3. The van der Waals surface area contributed by atoms with E-state index in [9.17, 15) is 9.59 Å². The summed E-state index contributed by atoms with van der Waals surface area (Å²) in [7, 11) is 0. The SMILES string of the molecule is O=C(c1cccc(-c2cc3nc[nH]c(=O)c3c(Nc3ccc(N4CCOCC4)cc3)n2)c1)N1CCCCC1. The lowest BCUT2D eigenvalue weighted by Gasteiger charge is -2.28. The minimum Gasteiger partial charge on any atom is -0.378 e. The third-order valence-corrected chi connectivity index (χ3v) is 7.18. The summed E-state index contributed by atoms with van der Waals surface area (Å²) in [6.45, 7) is 4.76. The standard InChI is InChI=1S/C29H30N6O3/c36-28-26-25(30-19-31-28)18-24(20-5-4-6-21(17-20)29(37)35-11-2-1-3-12-35)33-27(26)32-22-7-9-23(10-8-22)34-13-15-38-16-14-34/h4-10,17-19H,1-3,11-16H2,(H,32,33)(H,30,31,36). The Morgan fingerprint density at radius 3 is 2.53 bits per heavy atom. The first kappa shape index (κ1) is 24.1. The van der Waals surface area contributed by atoms with Crippen molar-refractivity contribution in [2.24, 2.45) is 0 Å².